The molecule has 0 saturated carbocycles. The van der Waals surface area contributed by atoms with E-state index in [1.54, 1.807) is 74.7 Å². The third-order valence-electron chi connectivity index (χ3n) is 6.08. The van der Waals surface area contributed by atoms with E-state index >= 15 is 0 Å². The summed E-state index contributed by atoms with van der Waals surface area (Å²) in [5.74, 6) is -0.250. The molecule has 8 nitrogen and oxygen atoms in total. The summed E-state index contributed by atoms with van der Waals surface area (Å²) in [6.07, 6.45) is 0. The smallest absolute Gasteiger partial charge is 0.264 e. The van der Waals surface area contributed by atoms with Crippen LogP contribution in [-0.2, 0) is 26.2 Å². The van der Waals surface area contributed by atoms with Crippen LogP contribution in [0.1, 0.15) is 38.8 Å². The number of sulfonamides is 1. The van der Waals surface area contributed by atoms with Gasteiger partial charge in [0.1, 0.15) is 18.3 Å². The molecule has 2 amide bonds. The Morgan fingerprint density at radius 1 is 0.949 bits per heavy atom. The fourth-order valence-electron chi connectivity index (χ4n) is 3.98. The molecule has 3 aromatic rings. The van der Waals surface area contributed by atoms with Gasteiger partial charge in [0, 0.05) is 12.1 Å². The van der Waals surface area contributed by atoms with Crippen LogP contribution < -0.4 is 14.4 Å². The Kier molecular flexibility index (Phi) is 9.40. The molecule has 0 aliphatic rings. The number of nitrogens with one attached hydrogen (secondary N) is 1. The van der Waals surface area contributed by atoms with Crippen molar-refractivity contribution >= 4 is 27.5 Å². The van der Waals surface area contributed by atoms with Crippen molar-refractivity contribution in [1.82, 2.24) is 10.2 Å². The van der Waals surface area contributed by atoms with Gasteiger partial charge in [-0.2, -0.15) is 0 Å². The van der Waals surface area contributed by atoms with Gasteiger partial charge in [0.25, 0.3) is 10.0 Å². The number of amides is 2. The summed E-state index contributed by atoms with van der Waals surface area (Å²) in [5.41, 5.74) is 1.49. The Balaban J connectivity index is 2.02. The van der Waals surface area contributed by atoms with E-state index < -0.39 is 34.1 Å². The summed E-state index contributed by atoms with van der Waals surface area (Å²) >= 11 is 0. The van der Waals surface area contributed by atoms with Crippen LogP contribution in [-0.4, -0.2) is 50.4 Å². The molecule has 208 valence electrons. The number of carbonyl (C=O) groups excluding carboxylic acids is 2. The second-order valence-corrected chi connectivity index (χ2v) is 12.3. The van der Waals surface area contributed by atoms with E-state index in [1.807, 2.05) is 33.8 Å². The highest BCUT2D eigenvalue weighted by Gasteiger charge is 2.33. The largest absolute Gasteiger partial charge is 0.497 e. The Labute approximate surface area is 231 Å². The lowest BCUT2D eigenvalue weighted by atomic mass is 10.1. The second kappa shape index (κ2) is 12.3. The number of carbonyl (C=O) groups is 2. The van der Waals surface area contributed by atoms with Crippen LogP contribution >= 0.6 is 0 Å². The van der Waals surface area contributed by atoms with Gasteiger partial charge in [0.2, 0.25) is 11.8 Å². The first-order valence-electron chi connectivity index (χ1n) is 12.7. The van der Waals surface area contributed by atoms with Crippen LogP contribution in [0.3, 0.4) is 0 Å². The first-order valence-corrected chi connectivity index (χ1v) is 14.1. The van der Waals surface area contributed by atoms with Gasteiger partial charge in [-0.25, -0.2) is 8.42 Å². The van der Waals surface area contributed by atoms with Gasteiger partial charge in [-0.3, -0.25) is 13.9 Å². The van der Waals surface area contributed by atoms with Crippen molar-refractivity contribution < 1.29 is 22.7 Å². The van der Waals surface area contributed by atoms with Gasteiger partial charge < -0.3 is 15.0 Å². The third-order valence-corrected chi connectivity index (χ3v) is 7.87. The van der Waals surface area contributed by atoms with Crippen molar-refractivity contribution in [3.05, 3.63) is 90.0 Å². The molecule has 0 bridgehead atoms. The molecule has 0 aliphatic heterocycles. The number of methoxy groups -OCH3 is 1. The minimum atomic E-state index is -4.09. The predicted octanol–water partition coefficient (Wildman–Crippen LogP) is 4.53. The van der Waals surface area contributed by atoms with E-state index in [4.69, 9.17) is 4.74 Å². The Hall–Kier alpha value is -3.85. The maximum atomic E-state index is 13.9. The van der Waals surface area contributed by atoms with Crippen molar-refractivity contribution in [2.45, 2.75) is 57.6 Å². The number of rotatable bonds is 10. The first-order chi connectivity index (χ1) is 18.3. The second-order valence-electron chi connectivity index (χ2n) is 10.4. The van der Waals surface area contributed by atoms with Gasteiger partial charge in [0.05, 0.1) is 17.7 Å². The maximum absolute atomic E-state index is 13.9. The number of hydrogen-bond donors (Lipinski definition) is 1. The van der Waals surface area contributed by atoms with E-state index in [2.05, 4.69) is 5.32 Å². The van der Waals surface area contributed by atoms with Crippen LogP contribution in [0.2, 0.25) is 0 Å². The third kappa shape index (κ3) is 7.83. The lowest BCUT2D eigenvalue weighted by Crippen LogP contribution is -2.54. The first kappa shape index (κ1) is 29.7. The van der Waals surface area contributed by atoms with E-state index in [0.29, 0.717) is 11.4 Å². The maximum Gasteiger partial charge on any atom is 0.264 e. The Bertz CT molecular complexity index is 1380. The molecule has 39 heavy (non-hydrogen) atoms. The lowest BCUT2D eigenvalue weighted by molar-refractivity contribution is -0.140. The van der Waals surface area contributed by atoms with Crippen LogP contribution in [0.25, 0.3) is 0 Å². The molecule has 0 heterocycles. The summed E-state index contributed by atoms with van der Waals surface area (Å²) in [6, 6.07) is 21.3. The van der Waals surface area contributed by atoms with Crippen molar-refractivity contribution in [2.75, 3.05) is 18.0 Å². The standard InChI is InChI=1S/C30H37N3O5S/c1-22-15-17-27(18-16-22)39(36,37)33(25-12-8-7-9-13-25)21-28(34)32(23(2)29(35)31-30(3,4)5)20-24-11-10-14-26(19-24)38-6/h7-19,23H,20-21H2,1-6H3,(H,31,35). The fraction of sp³-hybridized carbons (Fsp3) is 0.333. The highest BCUT2D eigenvalue weighted by atomic mass is 32.2. The molecular weight excluding hydrogens is 514 g/mol. The van der Waals surface area contributed by atoms with Gasteiger partial charge in [-0.05, 0) is 76.6 Å². The minimum absolute atomic E-state index is 0.0719. The number of aryl methyl sites for hydroxylation is 1. The molecule has 0 radical (unpaired) electrons. The zero-order valence-electron chi connectivity index (χ0n) is 23.3. The molecule has 0 saturated heterocycles. The van der Waals surface area contributed by atoms with Gasteiger partial charge >= 0.3 is 0 Å². The van der Waals surface area contributed by atoms with Crippen LogP contribution in [0.5, 0.6) is 5.75 Å². The van der Waals surface area contributed by atoms with E-state index in [9.17, 15) is 18.0 Å². The van der Waals surface area contributed by atoms with E-state index in [1.165, 1.54) is 17.0 Å². The average Bonchev–Trinajstić information content (AvgIpc) is 2.89. The molecule has 3 rings (SSSR count). The van der Waals surface area contributed by atoms with Gasteiger partial charge in [-0.1, -0.05) is 48.0 Å². The topological polar surface area (TPSA) is 96.0 Å². The lowest BCUT2D eigenvalue weighted by Gasteiger charge is -2.33. The summed E-state index contributed by atoms with van der Waals surface area (Å²) in [5, 5.41) is 2.92. The average molecular weight is 552 g/mol. The van der Waals surface area contributed by atoms with Gasteiger partial charge in [-0.15, -0.1) is 0 Å². The highest BCUT2D eigenvalue weighted by molar-refractivity contribution is 7.92. The summed E-state index contributed by atoms with van der Waals surface area (Å²) in [7, 11) is -2.54. The van der Waals surface area contributed by atoms with Crippen molar-refractivity contribution in [1.29, 1.82) is 0 Å². The number of ether oxygens (including phenoxy) is 1. The van der Waals surface area contributed by atoms with Crippen LogP contribution in [0, 0.1) is 6.92 Å². The molecule has 0 aliphatic carbocycles. The summed E-state index contributed by atoms with van der Waals surface area (Å²) < 4.78 is 34.0. The fourth-order valence-corrected chi connectivity index (χ4v) is 5.40. The molecule has 9 heteroatoms. The van der Waals surface area contributed by atoms with Crippen LogP contribution in [0.15, 0.2) is 83.8 Å². The molecule has 0 aromatic heterocycles. The normalized spacial score (nSPS) is 12.4. The monoisotopic (exact) mass is 551 g/mol. The van der Waals surface area contributed by atoms with E-state index in [-0.39, 0.29) is 17.3 Å². The minimum Gasteiger partial charge on any atom is -0.497 e. The molecule has 3 aromatic carbocycles. The van der Waals surface area contributed by atoms with Crippen LogP contribution in [0.4, 0.5) is 5.69 Å². The van der Waals surface area contributed by atoms with Gasteiger partial charge in [0.15, 0.2) is 0 Å². The van der Waals surface area contributed by atoms with E-state index in [0.717, 1.165) is 15.4 Å². The molecule has 1 unspecified atom stereocenters. The van der Waals surface area contributed by atoms with Crippen molar-refractivity contribution in [3.8, 4) is 5.75 Å². The summed E-state index contributed by atoms with van der Waals surface area (Å²) in [6.45, 7) is 8.68. The Morgan fingerprint density at radius 2 is 1.59 bits per heavy atom. The number of benzene rings is 3. The SMILES string of the molecule is COc1cccc(CN(C(=O)CN(c2ccccc2)S(=O)(=O)c2ccc(C)cc2)C(C)C(=O)NC(C)(C)C)c1. The predicted molar refractivity (Wildman–Crippen MR) is 153 cm³/mol. The number of hydrogen-bond acceptors (Lipinski definition) is 5. The zero-order chi connectivity index (χ0) is 28.8. The molecular formula is C30H37N3O5S. The summed E-state index contributed by atoms with van der Waals surface area (Å²) in [4.78, 5) is 28.6. The quantitative estimate of drug-likeness (QED) is 0.399. The zero-order valence-corrected chi connectivity index (χ0v) is 24.2. The number of para-hydroxylation sites is 1. The number of nitrogens with zero attached hydrogens (tertiary/aromatic N) is 2. The van der Waals surface area contributed by atoms with Crippen molar-refractivity contribution in [2.24, 2.45) is 0 Å². The molecule has 1 N–H and O–H groups in total. The molecule has 1 atom stereocenters. The molecule has 0 spiro atoms. The highest BCUT2D eigenvalue weighted by Crippen LogP contribution is 2.25. The Morgan fingerprint density at radius 3 is 2.18 bits per heavy atom. The molecule has 0 fully saturated rings. The number of anilines is 1. The van der Waals surface area contributed by atoms with Crippen molar-refractivity contribution in [3.63, 3.8) is 0 Å².